The third-order valence-corrected chi connectivity index (χ3v) is 2.96. The highest BCUT2D eigenvalue weighted by atomic mass is 79.9. The van der Waals surface area contributed by atoms with Crippen molar-refractivity contribution in [3.05, 3.63) is 60.0 Å². The second-order valence-corrected chi connectivity index (χ2v) is 4.72. The van der Waals surface area contributed by atoms with Crippen LogP contribution in [0.1, 0.15) is 5.56 Å². The Morgan fingerprint density at radius 3 is 2.50 bits per heavy atom. The van der Waals surface area contributed by atoms with Crippen LogP contribution >= 0.6 is 15.9 Å². The Bertz CT molecular complexity index is 473. The summed E-state index contributed by atoms with van der Waals surface area (Å²) in [6, 6.07) is 13.3. The van der Waals surface area contributed by atoms with Crippen molar-refractivity contribution in [1.29, 1.82) is 0 Å². The van der Waals surface area contributed by atoms with Crippen molar-refractivity contribution in [2.75, 3.05) is 16.8 Å². The molecular weight excluding hydrogens is 295 g/mol. The van der Waals surface area contributed by atoms with Crippen LogP contribution in [0.25, 0.3) is 0 Å². The van der Waals surface area contributed by atoms with Gasteiger partial charge in [-0.2, -0.15) is 0 Å². The monoisotopic (exact) mass is 308 g/mol. The van der Waals surface area contributed by atoms with Crippen molar-refractivity contribution >= 4 is 21.7 Å². The van der Waals surface area contributed by atoms with Gasteiger partial charge >= 0.3 is 0 Å². The first-order chi connectivity index (χ1) is 8.79. The molecule has 0 unspecified atom stereocenters. The summed E-state index contributed by atoms with van der Waals surface area (Å²) in [5.74, 6) is 0.483. The Morgan fingerprint density at radius 2 is 1.89 bits per heavy atom. The fourth-order valence-corrected chi connectivity index (χ4v) is 2.16. The second-order valence-electron chi connectivity index (χ2n) is 3.93. The van der Waals surface area contributed by atoms with E-state index in [1.165, 1.54) is 17.8 Å². The van der Waals surface area contributed by atoms with Crippen LogP contribution in [0.2, 0.25) is 0 Å². The number of rotatable bonds is 5. The van der Waals surface area contributed by atoms with Crippen LogP contribution < -0.4 is 4.90 Å². The summed E-state index contributed by atoms with van der Waals surface area (Å²) < 4.78 is 12.9. The fraction of sp³-hybridized carbons (Fsp3) is 0.214. The first-order valence-corrected chi connectivity index (χ1v) is 6.88. The minimum absolute atomic E-state index is 0.308. The zero-order valence-electron chi connectivity index (χ0n) is 9.89. The van der Waals surface area contributed by atoms with Crippen LogP contribution in [-0.2, 0) is 6.54 Å². The topological polar surface area (TPSA) is 16.1 Å². The number of halogens is 2. The van der Waals surface area contributed by atoms with E-state index in [9.17, 15) is 4.39 Å². The largest absolute Gasteiger partial charge is 0.351 e. The molecule has 2 rings (SSSR count). The quantitative estimate of drug-likeness (QED) is 0.784. The van der Waals surface area contributed by atoms with Crippen molar-refractivity contribution in [2.45, 2.75) is 6.54 Å². The zero-order valence-corrected chi connectivity index (χ0v) is 11.5. The summed E-state index contributed by atoms with van der Waals surface area (Å²) in [6.07, 6.45) is 1.25. The van der Waals surface area contributed by atoms with Crippen molar-refractivity contribution in [3.8, 4) is 0 Å². The van der Waals surface area contributed by atoms with Gasteiger partial charge in [0.25, 0.3) is 0 Å². The molecule has 1 aromatic carbocycles. The lowest BCUT2D eigenvalue weighted by Crippen LogP contribution is -2.25. The lowest BCUT2D eigenvalue weighted by atomic mass is 10.2. The van der Waals surface area contributed by atoms with Crippen LogP contribution in [0.3, 0.4) is 0 Å². The van der Waals surface area contributed by atoms with E-state index in [-0.39, 0.29) is 5.82 Å². The molecular formula is C14H14BrFN2. The molecule has 0 aliphatic carbocycles. The van der Waals surface area contributed by atoms with Crippen LogP contribution in [0.5, 0.6) is 0 Å². The summed E-state index contributed by atoms with van der Waals surface area (Å²) in [5.41, 5.74) is 1.21. The van der Waals surface area contributed by atoms with Gasteiger partial charge in [0.15, 0.2) is 0 Å². The van der Waals surface area contributed by atoms with Gasteiger partial charge in [0.2, 0.25) is 0 Å². The maximum atomic E-state index is 12.9. The van der Waals surface area contributed by atoms with Crippen LogP contribution in [0.4, 0.5) is 10.2 Å². The molecule has 1 aromatic heterocycles. The van der Waals surface area contributed by atoms with Gasteiger partial charge in [-0.15, -0.1) is 0 Å². The number of aromatic nitrogens is 1. The van der Waals surface area contributed by atoms with E-state index in [0.29, 0.717) is 0 Å². The molecule has 0 aliphatic heterocycles. The van der Waals surface area contributed by atoms with Gasteiger partial charge in [-0.3, -0.25) is 0 Å². The van der Waals surface area contributed by atoms with Crippen molar-refractivity contribution in [1.82, 2.24) is 4.98 Å². The maximum absolute atomic E-state index is 12.9. The SMILES string of the molecule is Fc1ccc(N(CCBr)Cc2ccccc2)nc1. The molecule has 1 heterocycles. The Labute approximate surface area is 115 Å². The first-order valence-electron chi connectivity index (χ1n) is 5.76. The lowest BCUT2D eigenvalue weighted by molar-refractivity contribution is 0.620. The van der Waals surface area contributed by atoms with Crippen LogP contribution in [0, 0.1) is 5.82 Å². The summed E-state index contributed by atoms with van der Waals surface area (Å²) in [4.78, 5) is 6.24. The number of alkyl halides is 1. The third-order valence-electron chi connectivity index (χ3n) is 2.61. The average Bonchev–Trinajstić information content (AvgIpc) is 2.40. The number of hydrogen-bond donors (Lipinski definition) is 0. The zero-order chi connectivity index (χ0) is 12.8. The summed E-state index contributed by atoms with van der Waals surface area (Å²) in [7, 11) is 0. The Balaban J connectivity index is 2.15. The molecule has 0 atom stereocenters. The molecule has 0 saturated carbocycles. The first kappa shape index (κ1) is 13.0. The van der Waals surface area contributed by atoms with E-state index in [4.69, 9.17) is 0 Å². The number of benzene rings is 1. The molecule has 0 amide bonds. The molecule has 0 N–H and O–H groups in total. The minimum Gasteiger partial charge on any atom is -0.351 e. The Hall–Kier alpha value is -1.42. The highest BCUT2D eigenvalue weighted by Crippen LogP contribution is 2.15. The third kappa shape index (κ3) is 3.53. The lowest BCUT2D eigenvalue weighted by Gasteiger charge is -2.22. The molecule has 0 radical (unpaired) electrons. The predicted octanol–water partition coefficient (Wildman–Crippen LogP) is 3.62. The summed E-state index contributed by atoms with van der Waals surface area (Å²) in [5, 5.41) is 0.846. The second kappa shape index (κ2) is 6.50. The molecule has 4 heteroatoms. The van der Waals surface area contributed by atoms with E-state index in [2.05, 4.69) is 37.9 Å². The summed E-state index contributed by atoms with van der Waals surface area (Å²) in [6.45, 7) is 1.60. The van der Waals surface area contributed by atoms with Gasteiger partial charge in [0.05, 0.1) is 6.20 Å². The van der Waals surface area contributed by atoms with E-state index < -0.39 is 0 Å². The van der Waals surface area contributed by atoms with Gasteiger partial charge in [0.1, 0.15) is 11.6 Å². The minimum atomic E-state index is -0.308. The Morgan fingerprint density at radius 1 is 1.11 bits per heavy atom. The van der Waals surface area contributed by atoms with Gasteiger partial charge in [-0.1, -0.05) is 46.3 Å². The molecule has 94 valence electrons. The number of nitrogens with zero attached hydrogens (tertiary/aromatic N) is 2. The number of pyridine rings is 1. The molecule has 0 fully saturated rings. The van der Waals surface area contributed by atoms with Crippen LogP contribution in [-0.4, -0.2) is 16.9 Å². The smallest absolute Gasteiger partial charge is 0.141 e. The van der Waals surface area contributed by atoms with E-state index in [0.717, 1.165) is 24.2 Å². The van der Waals surface area contributed by atoms with Crippen molar-refractivity contribution in [2.24, 2.45) is 0 Å². The molecule has 2 aromatic rings. The molecule has 0 aliphatic rings. The van der Waals surface area contributed by atoms with Gasteiger partial charge in [0, 0.05) is 18.4 Å². The molecule has 0 saturated heterocycles. The summed E-state index contributed by atoms with van der Waals surface area (Å²) >= 11 is 3.43. The maximum Gasteiger partial charge on any atom is 0.141 e. The molecule has 18 heavy (non-hydrogen) atoms. The predicted molar refractivity (Wildman–Crippen MR) is 75.5 cm³/mol. The van der Waals surface area contributed by atoms with Crippen molar-refractivity contribution < 1.29 is 4.39 Å². The standard InChI is InChI=1S/C14H14BrFN2/c15-8-9-18(11-12-4-2-1-3-5-12)14-7-6-13(16)10-17-14/h1-7,10H,8-9,11H2. The van der Waals surface area contributed by atoms with E-state index >= 15 is 0 Å². The van der Waals surface area contributed by atoms with E-state index in [1.54, 1.807) is 6.07 Å². The number of anilines is 1. The highest BCUT2D eigenvalue weighted by molar-refractivity contribution is 9.09. The van der Waals surface area contributed by atoms with E-state index in [1.807, 2.05) is 18.2 Å². The number of hydrogen-bond acceptors (Lipinski definition) is 2. The Kier molecular flexibility index (Phi) is 4.70. The van der Waals surface area contributed by atoms with Crippen molar-refractivity contribution in [3.63, 3.8) is 0 Å². The van der Waals surface area contributed by atoms with Gasteiger partial charge in [-0.05, 0) is 17.7 Å². The van der Waals surface area contributed by atoms with Gasteiger partial charge < -0.3 is 4.90 Å². The van der Waals surface area contributed by atoms with Crippen LogP contribution in [0.15, 0.2) is 48.7 Å². The fourth-order valence-electron chi connectivity index (χ4n) is 1.74. The molecule has 0 spiro atoms. The molecule has 0 bridgehead atoms. The molecule has 2 nitrogen and oxygen atoms in total. The normalized spacial score (nSPS) is 10.3. The highest BCUT2D eigenvalue weighted by Gasteiger charge is 2.08. The average molecular weight is 309 g/mol. The van der Waals surface area contributed by atoms with Gasteiger partial charge in [-0.25, -0.2) is 9.37 Å².